The Labute approximate surface area is 136 Å². The van der Waals surface area contributed by atoms with Crippen LogP contribution < -0.4 is 11.0 Å². The normalized spacial score (nSPS) is 19.0. The quantitative estimate of drug-likeness (QED) is 0.661. The number of hydrogen-bond acceptors (Lipinski definition) is 3. The van der Waals surface area contributed by atoms with Crippen LogP contribution in [-0.2, 0) is 0 Å². The summed E-state index contributed by atoms with van der Waals surface area (Å²) in [6.07, 6.45) is 7.16. The maximum Gasteiger partial charge on any atom is 0.323 e. The van der Waals surface area contributed by atoms with E-state index in [4.69, 9.17) is 0 Å². The van der Waals surface area contributed by atoms with Crippen LogP contribution in [0.3, 0.4) is 0 Å². The number of rotatable bonds is 6. The smallest absolute Gasteiger partial charge is 0.323 e. The Morgan fingerprint density at radius 2 is 1.96 bits per heavy atom. The second-order valence-corrected chi connectivity index (χ2v) is 7.02. The number of fused-ring (bicyclic) bond motifs is 1. The fraction of sp³-hybridized carbons (Fsp3) is 0.611. The van der Waals surface area contributed by atoms with Gasteiger partial charge in [-0.25, -0.2) is 4.79 Å². The van der Waals surface area contributed by atoms with Gasteiger partial charge < -0.3 is 20.4 Å². The summed E-state index contributed by atoms with van der Waals surface area (Å²) < 4.78 is 0. The van der Waals surface area contributed by atoms with Gasteiger partial charge in [0.2, 0.25) is 0 Å². The average molecular weight is 317 g/mol. The zero-order valence-electron chi connectivity index (χ0n) is 13.8. The largest absolute Gasteiger partial charge is 0.396 e. The SMILES string of the molecule is CC(NCC1(CCO)CCCCC1)c1ccc2[nH]c(=O)[nH]c2c1. The molecule has 0 saturated heterocycles. The molecule has 4 N–H and O–H groups in total. The van der Waals surface area contributed by atoms with E-state index in [-0.39, 0.29) is 23.8 Å². The Balaban J connectivity index is 1.69. The van der Waals surface area contributed by atoms with Gasteiger partial charge in [-0.05, 0) is 49.3 Å². The highest BCUT2D eigenvalue weighted by Crippen LogP contribution is 2.39. The van der Waals surface area contributed by atoms with Gasteiger partial charge in [0.1, 0.15) is 0 Å². The summed E-state index contributed by atoms with van der Waals surface area (Å²) in [6, 6.07) is 6.26. The summed E-state index contributed by atoms with van der Waals surface area (Å²) in [5.41, 5.74) is 2.94. The fourth-order valence-corrected chi connectivity index (χ4v) is 3.86. The van der Waals surface area contributed by atoms with Crippen LogP contribution in [0.4, 0.5) is 0 Å². The minimum atomic E-state index is -0.165. The minimum absolute atomic E-state index is 0.165. The molecule has 0 radical (unpaired) electrons. The number of benzene rings is 1. The van der Waals surface area contributed by atoms with Crippen LogP contribution in [0, 0.1) is 5.41 Å². The topological polar surface area (TPSA) is 80.9 Å². The third-order valence-corrected chi connectivity index (χ3v) is 5.38. The molecule has 0 aliphatic heterocycles. The van der Waals surface area contributed by atoms with Crippen molar-refractivity contribution in [2.24, 2.45) is 5.41 Å². The number of nitrogens with one attached hydrogen (secondary N) is 3. The molecule has 23 heavy (non-hydrogen) atoms. The summed E-state index contributed by atoms with van der Waals surface area (Å²) in [6.45, 7) is 3.37. The highest BCUT2D eigenvalue weighted by atomic mass is 16.3. The number of hydrogen-bond donors (Lipinski definition) is 4. The number of aromatic nitrogens is 2. The van der Waals surface area contributed by atoms with Crippen LogP contribution >= 0.6 is 0 Å². The van der Waals surface area contributed by atoms with Crippen molar-refractivity contribution in [2.75, 3.05) is 13.2 Å². The van der Waals surface area contributed by atoms with Crippen molar-refractivity contribution in [1.29, 1.82) is 0 Å². The molecule has 5 heteroatoms. The second-order valence-electron chi connectivity index (χ2n) is 7.02. The molecular weight excluding hydrogens is 290 g/mol. The Morgan fingerprint density at radius 1 is 1.22 bits per heavy atom. The monoisotopic (exact) mass is 317 g/mol. The number of aliphatic hydroxyl groups excluding tert-OH is 1. The first kappa shape index (κ1) is 16.3. The predicted octanol–water partition coefficient (Wildman–Crippen LogP) is 2.84. The lowest BCUT2D eigenvalue weighted by Crippen LogP contribution is -2.38. The van der Waals surface area contributed by atoms with Gasteiger partial charge in [0.05, 0.1) is 11.0 Å². The van der Waals surface area contributed by atoms with E-state index < -0.39 is 0 Å². The summed E-state index contributed by atoms with van der Waals surface area (Å²) in [7, 11) is 0. The molecular formula is C18H27N3O2. The van der Waals surface area contributed by atoms with Crippen molar-refractivity contribution in [1.82, 2.24) is 15.3 Å². The Kier molecular flexibility index (Phi) is 4.87. The zero-order chi connectivity index (χ0) is 16.3. The summed E-state index contributed by atoms with van der Waals surface area (Å²) >= 11 is 0. The summed E-state index contributed by atoms with van der Waals surface area (Å²) in [5, 5.41) is 13.1. The van der Waals surface area contributed by atoms with E-state index in [2.05, 4.69) is 28.3 Å². The van der Waals surface area contributed by atoms with Crippen molar-refractivity contribution in [3.05, 3.63) is 34.2 Å². The van der Waals surface area contributed by atoms with Gasteiger partial charge in [0.15, 0.2) is 0 Å². The number of H-pyrrole nitrogens is 2. The molecule has 5 nitrogen and oxygen atoms in total. The molecule has 126 valence electrons. The molecule has 1 unspecified atom stereocenters. The molecule has 1 saturated carbocycles. The van der Waals surface area contributed by atoms with Crippen molar-refractivity contribution < 1.29 is 5.11 Å². The van der Waals surface area contributed by atoms with E-state index in [1.165, 1.54) is 37.7 Å². The molecule has 0 spiro atoms. The Bertz CT molecular complexity index is 692. The summed E-state index contributed by atoms with van der Waals surface area (Å²) in [4.78, 5) is 17.0. The van der Waals surface area contributed by atoms with Gasteiger partial charge in [-0.2, -0.15) is 0 Å². The Hall–Kier alpha value is -1.59. The first-order valence-corrected chi connectivity index (χ1v) is 8.68. The van der Waals surface area contributed by atoms with Crippen molar-refractivity contribution >= 4 is 11.0 Å². The molecule has 1 aliphatic rings. The third kappa shape index (κ3) is 3.67. The lowest BCUT2D eigenvalue weighted by Gasteiger charge is -2.38. The highest BCUT2D eigenvalue weighted by Gasteiger charge is 2.31. The van der Waals surface area contributed by atoms with Crippen LogP contribution in [-0.4, -0.2) is 28.2 Å². The van der Waals surface area contributed by atoms with Gasteiger partial charge >= 0.3 is 5.69 Å². The maximum absolute atomic E-state index is 11.4. The Morgan fingerprint density at radius 3 is 2.70 bits per heavy atom. The predicted molar refractivity (Wildman–Crippen MR) is 92.6 cm³/mol. The molecule has 1 fully saturated rings. The maximum atomic E-state index is 11.4. The van der Waals surface area contributed by atoms with Gasteiger partial charge in [0.25, 0.3) is 0 Å². The summed E-state index contributed by atoms with van der Waals surface area (Å²) in [5.74, 6) is 0. The third-order valence-electron chi connectivity index (χ3n) is 5.38. The first-order chi connectivity index (χ1) is 11.1. The molecule has 2 aromatic rings. The van der Waals surface area contributed by atoms with Crippen molar-refractivity contribution in [3.8, 4) is 0 Å². The second kappa shape index (κ2) is 6.89. The van der Waals surface area contributed by atoms with Gasteiger partial charge in [-0.3, -0.25) is 0 Å². The van der Waals surface area contributed by atoms with Crippen LogP contribution in [0.5, 0.6) is 0 Å². The molecule has 0 amide bonds. The molecule has 3 rings (SSSR count). The van der Waals surface area contributed by atoms with E-state index in [0.717, 1.165) is 24.0 Å². The number of aliphatic hydroxyl groups is 1. The minimum Gasteiger partial charge on any atom is -0.396 e. The lowest BCUT2D eigenvalue weighted by atomic mass is 9.72. The van der Waals surface area contributed by atoms with E-state index in [1.807, 2.05) is 12.1 Å². The zero-order valence-corrected chi connectivity index (χ0v) is 13.8. The van der Waals surface area contributed by atoms with E-state index in [1.54, 1.807) is 0 Å². The van der Waals surface area contributed by atoms with Gasteiger partial charge in [-0.1, -0.05) is 25.3 Å². The molecule has 1 aliphatic carbocycles. The van der Waals surface area contributed by atoms with Gasteiger partial charge in [-0.15, -0.1) is 0 Å². The van der Waals surface area contributed by atoms with Crippen LogP contribution in [0.2, 0.25) is 0 Å². The molecule has 1 aromatic carbocycles. The standard InChI is InChI=1S/C18H27N3O2/c1-13(14-5-6-15-16(11-14)21-17(23)20-15)19-12-18(9-10-22)7-3-2-4-8-18/h5-6,11,13,19,22H,2-4,7-10,12H2,1H3,(H2,20,21,23). The van der Waals surface area contributed by atoms with E-state index in [9.17, 15) is 9.90 Å². The van der Waals surface area contributed by atoms with Crippen LogP contribution in [0.15, 0.2) is 23.0 Å². The first-order valence-electron chi connectivity index (χ1n) is 8.68. The molecule has 0 bridgehead atoms. The van der Waals surface area contributed by atoms with Crippen LogP contribution in [0.1, 0.15) is 57.1 Å². The number of aromatic amines is 2. The number of imidazole rings is 1. The molecule has 1 atom stereocenters. The van der Waals surface area contributed by atoms with E-state index in [0.29, 0.717) is 0 Å². The van der Waals surface area contributed by atoms with Crippen molar-refractivity contribution in [3.63, 3.8) is 0 Å². The molecule has 1 heterocycles. The lowest BCUT2D eigenvalue weighted by molar-refractivity contribution is 0.123. The van der Waals surface area contributed by atoms with E-state index >= 15 is 0 Å². The molecule has 1 aromatic heterocycles. The highest BCUT2D eigenvalue weighted by molar-refractivity contribution is 5.75. The van der Waals surface area contributed by atoms with Gasteiger partial charge in [0, 0.05) is 19.2 Å². The average Bonchev–Trinajstić information content (AvgIpc) is 2.93. The fourth-order valence-electron chi connectivity index (χ4n) is 3.86. The van der Waals surface area contributed by atoms with Crippen LogP contribution in [0.25, 0.3) is 11.0 Å². The van der Waals surface area contributed by atoms with Crippen molar-refractivity contribution in [2.45, 2.75) is 51.5 Å².